The molecule has 4 aromatic carbocycles. The first kappa shape index (κ1) is 56.6. The van der Waals surface area contributed by atoms with Crippen LogP contribution < -0.4 is 14.2 Å². The van der Waals surface area contributed by atoms with Gasteiger partial charge in [-0.25, -0.2) is 14.0 Å². The number of aliphatic hydroxyl groups is 10. The quantitative estimate of drug-likeness (QED) is 0.0236. The molecule has 16 N–H and O–H groups in total. The third kappa shape index (κ3) is 12.5. The summed E-state index contributed by atoms with van der Waals surface area (Å²) in [6.45, 7) is -2.34. The van der Waals surface area contributed by atoms with E-state index in [-0.39, 0.29) is 22.3 Å². The van der Waals surface area contributed by atoms with E-state index in [4.69, 9.17) is 42.3 Å². The second-order valence-corrected chi connectivity index (χ2v) is 18.0. The lowest BCUT2D eigenvalue weighted by Crippen LogP contribution is -2.60. The number of hydrogen-bond acceptors (Lipinski definition) is 26. The van der Waals surface area contributed by atoms with Crippen LogP contribution in [0.1, 0.15) is 11.1 Å². The fourth-order valence-corrected chi connectivity index (χ4v) is 8.20. The molecule has 78 heavy (non-hydrogen) atoms. The average molecular weight is 1100 g/mol. The van der Waals surface area contributed by atoms with Crippen LogP contribution in [-0.4, -0.2) is 206 Å². The maximum absolute atomic E-state index is 12.6. The van der Waals surface area contributed by atoms with Gasteiger partial charge < -0.3 is 120 Å². The van der Waals surface area contributed by atoms with Gasteiger partial charge in [0, 0.05) is 36.4 Å². The normalized spacial score (nSPS) is 29.3. The molecule has 3 aliphatic rings. The first-order valence-electron chi connectivity index (χ1n) is 23.5. The lowest BCUT2D eigenvalue weighted by molar-refractivity contribution is -0.278. The van der Waals surface area contributed by atoms with Crippen LogP contribution in [0.3, 0.4) is 0 Å². The van der Waals surface area contributed by atoms with Crippen molar-refractivity contribution in [1.29, 1.82) is 0 Å². The molecule has 15 unspecified atom stereocenters. The number of hydrogen-bond donors (Lipinski definition) is 16. The van der Waals surface area contributed by atoms with Gasteiger partial charge in [0.05, 0.1) is 18.2 Å². The summed E-state index contributed by atoms with van der Waals surface area (Å²) in [5.41, 5.74) is 0.187. The molecule has 27 nitrogen and oxygen atoms in total. The van der Waals surface area contributed by atoms with E-state index < -0.39 is 176 Å². The minimum absolute atomic E-state index is 0.0113. The fourth-order valence-electron chi connectivity index (χ4n) is 8.20. The minimum Gasteiger partial charge on any atom is -0.508 e. The Labute approximate surface area is 438 Å². The zero-order valence-electron chi connectivity index (χ0n) is 40.2. The summed E-state index contributed by atoms with van der Waals surface area (Å²) in [7, 11) is 0. The van der Waals surface area contributed by atoms with Crippen molar-refractivity contribution in [1.82, 2.24) is 0 Å². The van der Waals surface area contributed by atoms with Crippen molar-refractivity contribution in [2.24, 2.45) is 0 Å². The summed E-state index contributed by atoms with van der Waals surface area (Å²) >= 11 is 0. The van der Waals surface area contributed by atoms with Crippen LogP contribution in [0.5, 0.6) is 51.7 Å². The van der Waals surface area contributed by atoms with Crippen molar-refractivity contribution < 1.29 is 134 Å². The third-order valence-electron chi connectivity index (χ3n) is 12.5. The van der Waals surface area contributed by atoms with Crippen molar-refractivity contribution in [2.45, 2.75) is 92.1 Å². The molecule has 0 bridgehead atoms. The van der Waals surface area contributed by atoms with E-state index in [1.165, 1.54) is 48.6 Å². The van der Waals surface area contributed by atoms with E-state index in [2.05, 4.69) is 0 Å². The van der Waals surface area contributed by atoms with Gasteiger partial charge >= 0.3 is 23.3 Å². The summed E-state index contributed by atoms with van der Waals surface area (Å²) in [4.78, 5) is 25.1. The molecule has 8 rings (SSSR count). The number of phenolic OH excluding ortho intramolecular Hbond substituents is 6. The van der Waals surface area contributed by atoms with E-state index in [1.807, 2.05) is 0 Å². The van der Waals surface area contributed by atoms with Gasteiger partial charge in [-0.1, -0.05) is 18.2 Å². The van der Waals surface area contributed by atoms with Crippen LogP contribution in [0.15, 0.2) is 89.4 Å². The van der Waals surface area contributed by atoms with Crippen LogP contribution in [0.4, 0.5) is 0 Å². The number of aliphatic hydroxyl groups excluding tert-OH is 10. The van der Waals surface area contributed by atoms with Gasteiger partial charge in [0.25, 0.3) is 0 Å². The molecule has 27 heteroatoms. The Bertz CT molecular complexity index is 3000. The fraction of sp³-hybridized carbons (Fsp3) is 0.353. The molecule has 3 fully saturated rings. The number of benzene rings is 4. The van der Waals surface area contributed by atoms with Gasteiger partial charge in [0.15, 0.2) is 23.0 Å². The van der Waals surface area contributed by atoms with E-state index in [9.17, 15) is 91.3 Å². The molecule has 1 aromatic heterocycles. The van der Waals surface area contributed by atoms with E-state index in [0.29, 0.717) is 11.1 Å². The second-order valence-electron chi connectivity index (χ2n) is 18.0. The van der Waals surface area contributed by atoms with Gasteiger partial charge in [-0.15, -0.1) is 0 Å². The molecule has 0 spiro atoms. The van der Waals surface area contributed by atoms with Crippen molar-refractivity contribution in [3.05, 3.63) is 96.1 Å². The van der Waals surface area contributed by atoms with Gasteiger partial charge in [0.1, 0.15) is 109 Å². The monoisotopic (exact) mass is 1100 g/mol. The van der Waals surface area contributed by atoms with E-state index >= 15 is 0 Å². The Morgan fingerprint density at radius 1 is 0.487 bits per heavy atom. The van der Waals surface area contributed by atoms with Crippen LogP contribution >= 0.6 is 0 Å². The number of carbonyl (C=O) groups is 2. The number of aromatic hydroxyl groups is 6. The minimum atomic E-state index is -2.07. The molecule has 0 aliphatic carbocycles. The Kier molecular flexibility index (Phi) is 17.4. The molecule has 4 heterocycles. The molecule has 0 radical (unpaired) electrons. The molecule has 418 valence electrons. The zero-order valence-corrected chi connectivity index (χ0v) is 40.2. The van der Waals surface area contributed by atoms with Crippen LogP contribution in [0.2, 0.25) is 0 Å². The maximum Gasteiger partial charge on any atom is 0.402 e. The van der Waals surface area contributed by atoms with Crippen molar-refractivity contribution >= 4 is 35.1 Å². The summed E-state index contributed by atoms with van der Waals surface area (Å²) in [5.74, 6) is -7.47. The molecular formula is C51H53O27+. The number of phenols is 6. The van der Waals surface area contributed by atoms with Crippen molar-refractivity contribution in [2.75, 3.05) is 19.8 Å². The first-order chi connectivity index (χ1) is 37.1. The summed E-state index contributed by atoms with van der Waals surface area (Å²) < 4.78 is 51.2. The summed E-state index contributed by atoms with van der Waals surface area (Å²) in [6, 6.07) is 14.5. The van der Waals surface area contributed by atoms with E-state index in [0.717, 1.165) is 48.6 Å². The van der Waals surface area contributed by atoms with Crippen LogP contribution in [0, 0.1) is 0 Å². The zero-order chi connectivity index (χ0) is 56.3. The van der Waals surface area contributed by atoms with Crippen LogP contribution in [-0.2, 0) is 33.3 Å². The average Bonchev–Trinajstić information content (AvgIpc) is 3.41. The van der Waals surface area contributed by atoms with Gasteiger partial charge in [-0.05, 0) is 47.5 Å². The lowest BCUT2D eigenvalue weighted by Gasteiger charge is -2.40. The highest BCUT2D eigenvalue weighted by molar-refractivity contribution is 5.90. The summed E-state index contributed by atoms with van der Waals surface area (Å²) in [6.07, 6.45) is -23.7. The molecule has 0 amide bonds. The number of rotatable bonds is 16. The van der Waals surface area contributed by atoms with Crippen molar-refractivity contribution in [3.63, 3.8) is 0 Å². The molecule has 3 saturated heterocycles. The lowest BCUT2D eigenvalue weighted by atomic mass is 9.99. The van der Waals surface area contributed by atoms with Crippen molar-refractivity contribution in [3.8, 4) is 63.1 Å². The van der Waals surface area contributed by atoms with Gasteiger partial charge in [-0.3, -0.25) is 0 Å². The number of carbonyl (C=O) groups excluding carboxylic acids is 2. The Morgan fingerprint density at radius 2 is 0.987 bits per heavy atom. The number of fused-ring (bicyclic) bond motifs is 1. The molecule has 3 aliphatic heterocycles. The smallest absolute Gasteiger partial charge is 0.402 e. The molecule has 5 aromatic rings. The predicted molar refractivity (Wildman–Crippen MR) is 258 cm³/mol. The number of ether oxygens (including phenoxy) is 8. The standard InChI is InChI=1S/C51H52O27/c52-17-33-39(61)42(64)45(67)51(76-33)75-32-16-25-29(14-24(54)15-30(25)73-49-46(68)43(65)40(62)34(77-49)18-71-37(59)10-5-21-3-8-26(55)27(56)11-21)72-48(32)22-12-28(57)38(60)31(13-22)74-50-47(69)44(66)41(63)35(78-50)19-70-36(58)9-4-20-1-6-23(53)7-2-20/h1-16,33-35,39-47,49-52,61-69H,17-19H2,(H5-,53,54,55,56,57,58,59,60)/p+1. The third-order valence-corrected chi connectivity index (χ3v) is 12.5. The SMILES string of the molecule is O=C(C=Cc1ccc(O)cc1)OCC1OC(Oc2cc(-c3[o+]c4cc(O)cc(OC5OC(COC(=O)C=Cc6ccc(O)c(O)c6)C(O)C(O)C5O)c4cc3OC3OC(CO)C(O)C(O)C3O)cc(O)c2O)C(O)C(O)C1O. The predicted octanol–water partition coefficient (Wildman–Crippen LogP) is -1.32. The number of esters is 2. The van der Waals surface area contributed by atoms with Gasteiger partial charge in [0.2, 0.25) is 30.4 Å². The van der Waals surface area contributed by atoms with E-state index in [1.54, 1.807) is 0 Å². The van der Waals surface area contributed by atoms with Gasteiger partial charge in [-0.2, -0.15) is 0 Å². The first-order valence-corrected chi connectivity index (χ1v) is 23.5. The topological polar surface area (TPSA) is 443 Å². The Hall–Kier alpha value is -7.61. The van der Waals surface area contributed by atoms with Crippen LogP contribution in [0.25, 0.3) is 34.4 Å². The maximum atomic E-state index is 12.6. The Balaban J connectivity index is 1.08. The summed E-state index contributed by atoms with van der Waals surface area (Å²) in [5, 5.41) is 169. The highest BCUT2D eigenvalue weighted by Gasteiger charge is 2.49. The molecule has 0 saturated carbocycles. The molecular weight excluding hydrogens is 1040 g/mol. The second kappa shape index (κ2) is 24.0. The highest BCUT2D eigenvalue weighted by Crippen LogP contribution is 2.47. The molecule has 15 atom stereocenters. The Morgan fingerprint density at radius 3 is 1.54 bits per heavy atom. The highest BCUT2D eigenvalue weighted by atomic mass is 16.7. The largest absolute Gasteiger partial charge is 0.508 e.